The summed E-state index contributed by atoms with van der Waals surface area (Å²) in [6.07, 6.45) is 0. The second-order valence-corrected chi connectivity index (χ2v) is 4.59. The zero-order valence-corrected chi connectivity index (χ0v) is 11.0. The highest BCUT2D eigenvalue weighted by atomic mass is 35.5. The maximum atomic E-state index is 9.25. The number of benzene rings is 1. The van der Waals surface area contributed by atoms with Crippen molar-refractivity contribution in [2.45, 2.75) is 13.8 Å². The van der Waals surface area contributed by atoms with Crippen LogP contribution >= 0.6 is 11.6 Å². The average Bonchev–Trinajstić information content (AvgIpc) is 2.35. The lowest BCUT2D eigenvalue weighted by Crippen LogP contribution is -2.18. The van der Waals surface area contributed by atoms with E-state index in [2.05, 4.69) is 11.1 Å². The Hall–Kier alpha value is -2.05. The van der Waals surface area contributed by atoms with Crippen molar-refractivity contribution in [3.8, 4) is 17.2 Å². The number of hydrogen-bond donors (Lipinski definition) is 1. The molecule has 4 heteroatoms. The Morgan fingerprint density at radius 2 is 1.83 bits per heavy atom. The van der Waals surface area contributed by atoms with Crippen molar-refractivity contribution in [3.05, 3.63) is 46.1 Å². The molecule has 18 heavy (non-hydrogen) atoms. The second-order valence-electron chi connectivity index (χ2n) is 4.16. The van der Waals surface area contributed by atoms with Gasteiger partial charge >= 0.3 is 0 Å². The number of nitrogens with two attached hydrogens (primary N) is 1. The number of halogens is 1. The molecule has 0 radical (unpaired) electrons. The molecule has 90 valence electrons. The lowest BCUT2D eigenvalue weighted by atomic mass is 9.95. The van der Waals surface area contributed by atoms with Crippen LogP contribution in [0.25, 0.3) is 11.1 Å². The maximum absolute atomic E-state index is 9.25. The van der Waals surface area contributed by atoms with E-state index in [1.54, 1.807) is 12.1 Å². The summed E-state index contributed by atoms with van der Waals surface area (Å²) in [6, 6.07) is 9.55. The van der Waals surface area contributed by atoms with Gasteiger partial charge in [0, 0.05) is 16.1 Å². The first kappa shape index (κ1) is 12.4. The second kappa shape index (κ2) is 4.67. The van der Waals surface area contributed by atoms with Crippen LogP contribution in [0.3, 0.4) is 0 Å². The number of nitrogens with zero attached hydrogens (tertiary/aromatic N) is 1. The predicted octanol–water partition coefficient (Wildman–Crippen LogP) is 2.89. The summed E-state index contributed by atoms with van der Waals surface area (Å²) in [6.45, 7) is 3.91. The number of hydrogen-bond acceptors (Lipinski definition) is 2. The molecule has 1 heterocycles. The number of aromatic nitrogens is 1. The highest BCUT2D eigenvalue weighted by Gasteiger charge is 2.18. The van der Waals surface area contributed by atoms with Gasteiger partial charge in [-0.2, -0.15) is 5.26 Å². The summed E-state index contributed by atoms with van der Waals surface area (Å²) < 4.78 is 0. The number of nitrogen functional groups attached to an aromatic ring is 1. The molecule has 0 aliphatic carbocycles. The molecule has 0 amide bonds. The summed E-state index contributed by atoms with van der Waals surface area (Å²) in [5, 5.41) is 9.92. The predicted molar refractivity (Wildman–Crippen MR) is 72.0 cm³/mol. The first-order valence-electron chi connectivity index (χ1n) is 5.52. The smallest absolute Gasteiger partial charge is 0.286 e. The molecule has 0 unspecified atom stereocenters. The molecule has 3 nitrogen and oxygen atoms in total. The van der Waals surface area contributed by atoms with Gasteiger partial charge in [-0.1, -0.05) is 23.7 Å². The number of aryl methyl sites for hydroxylation is 1. The normalized spacial score (nSPS) is 10.1. The van der Waals surface area contributed by atoms with Crippen LogP contribution < -0.4 is 10.7 Å². The Morgan fingerprint density at radius 3 is 2.39 bits per heavy atom. The van der Waals surface area contributed by atoms with E-state index < -0.39 is 0 Å². The molecule has 0 fully saturated rings. The molecule has 0 aliphatic rings. The number of aromatic amines is 1. The first-order valence-corrected chi connectivity index (χ1v) is 5.90. The fraction of sp³-hybridized carbons (Fsp3) is 0.143. The van der Waals surface area contributed by atoms with E-state index in [1.165, 1.54) is 0 Å². The van der Waals surface area contributed by atoms with Crippen molar-refractivity contribution in [1.29, 1.82) is 5.26 Å². The third kappa shape index (κ3) is 2.03. The van der Waals surface area contributed by atoms with Gasteiger partial charge in [0.15, 0.2) is 0 Å². The lowest BCUT2D eigenvalue weighted by molar-refractivity contribution is -0.370. The Labute approximate surface area is 111 Å². The third-order valence-electron chi connectivity index (χ3n) is 3.02. The van der Waals surface area contributed by atoms with Gasteiger partial charge in [0.25, 0.3) is 5.82 Å². The van der Waals surface area contributed by atoms with Crippen LogP contribution in [0.2, 0.25) is 5.02 Å². The number of nitrogens with one attached hydrogen (secondary N) is 1. The van der Waals surface area contributed by atoms with Gasteiger partial charge in [-0.25, -0.2) is 4.98 Å². The van der Waals surface area contributed by atoms with Gasteiger partial charge in [0.05, 0.1) is 0 Å². The molecule has 0 bridgehead atoms. The van der Waals surface area contributed by atoms with Gasteiger partial charge < -0.3 is 0 Å². The number of H-pyrrole nitrogens is 1. The molecule has 0 atom stereocenters. The SMILES string of the molecule is Cc1[nH+]c(N)c(C#N)c(-c2ccc(Cl)cc2)c1C. The molecular formula is C14H13ClN3+. The fourth-order valence-corrected chi connectivity index (χ4v) is 2.09. The van der Waals surface area contributed by atoms with Crippen LogP contribution in [0.15, 0.2) is 24.3 Å². The van der Waals surface area contributed by atoms with Crippen molar-refractivity contribution in [1.82, 2.24) is 0 Å². The summed E-state index contributed by atoms with van der Waals surface area (Å²) in [5.74, 6) is 0.394. The summed E-state index contributed by atoms with van der Waals surface area (Å²) >= 11 is 5.88. The largest absolute Gasteiger partial charge is 0.289 e. The molecule has 0 saturated heterocycles. The van der Waals surface area contributed by atoms with E-state index in [1.807, 2.05) is 26.0 Å². The summed E-state index contributed by atoms with van der Waals surface area (Å²) in [4.78, 5) is 3.01. The van der Waals surface area contributed by atoms with Crippen molar-refractivity contribution in [2.24, 2.45) is 0 Å². The van der Waals surface area contributed by atoms with Gasteiger partial charge in [-0.15, -0.1) is 0 Å². The molecule has 0 aliphatic heterocycles. The molecule has 2 aromatic rings. The summed E-state index contributed by atoms with van der Waals surface area (Å²) in [5.41, 5.74) is 10.1. The van der Waals surface area contributed by atoms with Crippen LogP contribution in [0, 0.1) is 25.2 Å². The van der Waals surface area contributed by atoms with Gasteiger partial charge in [-0.05, 0) is 31.5 Å². The molecule has 0 spiro atoms. The van der Waals surface area contributed by atoms with Crippen molar-refractivity contribution >= 4 is 17.4 Å². The highest BCUT2D eigenvalue weighted by Crippen LogP contribution is 2.30. The van der Waals surface area contributed by atoms with Gasteiger partial charge in [0.1, 0.15) is 17.3 Å². The minimum Gasteiger partial charge on any atom is -0.286 e. The summed E-state index contributed by atoms with van der Waals surface area (Å²) in [7, 11) is 0. The topological polar surface area (TPSA) is 63.9 Å². The van der Waals surface area contributed by atoms with E-state index in [9.17, 15) is 5.26 Å². The lowest BCUT2D eigenvalue weighted by Gasteiger charge is -2.10. The van der Waals surface area contributed by atoms with E-state index in [4.69, 9.17) is 17.3 Å². The van der Waals surface area contributed by atoms with Crippen LogP contribution in [0.4, 0.5) is 5.82 Å². The van der Waals surface area contributed by atoms with Gasteiger partial charge in [-0.3, -0.25) is 5.73 Å². The Bertz CT molecular complexity index is 640. The molecular weight excluding hydrogens is 246 g/mol. The van der Waals surface area contributed by atoms with Gasteiger partial charge in [0.2, 0.25) is 0 Å². The Balaban J connectivity index is 2.77. The quantitative estimate of drug-likeness (QED) is 0.855. The van der Waals surface area contributed by atoms with Crippen LogP contribution in [0.5, 0.6) is 0 Å². The standard InChI is InChI=1S/C14H12ClN3/c1-8-9(2)18-14(17)12(7-16)13(8)10-3-5-11(15)6-4-10/h3-6H,1-2H3,(H2,17,18)/p+1. The van der Waals surface area contributed by atoms with Crippen LogP contribution in [-0.4, -0.2) is 0 Å². The first-order chi connectivity index (χ1) is 8.54. The van der Waals surface area contributed by atoms with Crippen molar-refractivity contribution < 1.29 is 4.98 Å². The monoisotopic (exact) mass is 258 g/mol. The van der Waals surface area contributed by atoms with E-state index >= 15 is 0 Å². The Morgan fingerprint density at radius 1 is 1.22 bits per heavy atom. The number of rotatable bonds is 1. The molecule has 1 aromatic heterocycles. The highest BCUT2D eigenvalue weighted by molar-refractivity contribution is 6.30. The zero-order chi connectivity index (χ0) is 13.3. The number of pyridine rings is 1. The van der Waals surface area contributed by atoms with Crippen LogP contribution in [0.1, 0.15) is 16.8 Å². The Kier molecular flexibility index (Phi) is 3.22. The zero-order valence-electron chi connectivity index (χ0n) is 10.2. The molecule has 0 saturated carbocycles. The average molecular weight is 259 g/mol. The molecule has 2 rings (SSSR count). The van der Waals surface area contributed by atoms with E-state index in [0.29, 0.717) is 16.4 Å². The number of nitriles is 1. The molecule has 3 N–H and O–H groups in total. The third-order valence-corrected chi connectivity index (χ3v) is 3.28. The van der Waals surface area contributed by atoms with E-state index in [0.717, 1.165) is 22.4 Å². The minimum atomic E-state index is 0.394. The van der Waals surface area contributed by atoms with Crippen molar-refractivity contribution in [2.75, 3.05) is 5.73 Å². The van der Waals surface area contributed by atoms with Crippen molar-refractivity contribution in [3.63, 3.8) is 0 Å². The fourth-order valence-electron chi connectivity index (χ4n) is 1.96. The van der Waals surface area contributed by atoms with Crippen LogP contribution in [-0.2, 0) is 0 Å². The van der Waals surface area contributed by atoms with E-state index in [-0.39, 0.29) is 0 Å². The minimum absolute atomic E-state index is 0.394. The molecule has 1 aromatic carbocycles. The number of anilines is 1. The maximum Gasteiger partial charge on any atom is 0.289 e.